The van der Waals surface area contributed by atoms with Crippen molar-refractivity contribution in [1.82, 2.24) is 28.2 Å². The lowest BCUT2D eigenvalue weighted by Gasteiger charge is -2.27. The average Bonchev–Trinajstić information content (AvgIpc) is 1.50. The van der Waals surface area contributed by atoms with E-state index in [0.29, 0.717) is 0 Å². The summed E-state index contributed by atoms with van der Waals surface area (Å²) in [7, 11) is 0. The van der Waals surface area contributed by atoms with Gasteiger partial charge in [0.1, 0.15) is 11.4 Å². The van der Waals surface area contributed by atoms with Gasteiger partial charge in [-0.1, -0.05) is 192 Å². The highest BCUT2D eigenvalue weighted by molar-refractivity contribution is 6.17. The van der Waals surface area contributed by atoms with Crippen molar-refractivity contribution in [3.05, 3.63) is 314 Å². The molecule has 6 aromatic heterocycles. The fraction of sp³-hybridized carbons (Fsp3) is 0.0465. The summed E-state index contributed by atoms with van der Waals surface area (Å²) in [6.45, 7) is 8.80. The second-order valence-electron chi connectivity index (χ2n) is 24.9. The van der Waals surface area contributed by atoms with E-state index in [0.717, 1.165) is 144 Å². The van der Waals surface area contributed by atoms with Gasteiger partial charge in [0.15, 0.2) is 11.6 Å². The summed E-state index contributed by atoms with van der Waals surface area (Å²) in [5.41, 5.74) is 26.3. The van der Waals surface area contributed by atoms with Crippen LogP contribution in [0.25, 0.3) is 166 Å². The lowest BCUT2D eigenvalue weighted by atomic mass is 10.0. The lowest BCUT2D eigenvalue weighted by Crippen LogP contribution is -2.16. The minimum Gasteiger partial charge on any atom is -0.305 e. The zero-order chi connectivity index (χ0) is 61.3. The van der Waals surface area contributed by atoms with Gasteiger partial charge < -0.3 is 9.13 Å². The molecule has 0 saturated heterocycles. The monoisotopic (exact) mass is 1180 g/mol. The Hall–Kier alpha value is -11.9. The summed E-state index contributed by atoms with van der Waals surface area (Å²) in [4.78, 5) is 11.4. The predicted octanol–water partition coefficient (Wildman–Crippen LogP) is 22.4. The first-order valence-corrected chi connectivity index (χ1v) is 31.7. The normalized spacial score (nSPS) is 11.9. The Morgan fingerprint density at radius 1 is 0.217 bits per heavy atom. The van der Waals surface area contributed by atoms with Crippen LogP contribution in [-0.4, -0.2) is 28.2 Å². The van der Waals surface area contributed by atoms with Crippen molar-refractivity contribution in [2.75, 3.05) is 0 Å². The van der Waals surface area contributed by atoms with Gasteiger partial charge in [-0.25, -0.2) is 4.98 Å². The Morgan fingerprint density at radius 3 is 0.750 bits per heavy atom. The number of fused-ring (bicyclic) bond motifs is 12. The van der Waals surface area contributed by atoms with Crippen molar-refractivity contribution in [2.24, 2.45) is 0 Å². The van der Waals surface area contributed by atoms with Crippen LogP contribution in [0.2, 0.25) is 0 Å². The van der Waals surface area contributed by atoms with Gasteiger partial charge in [0.2, 0.25) is 0 Å². The van der Waals surface area contributed by atoms with Gasteiger partial charge in [-0.2, -0.15) is 0 Å². The quantitative estimate of drug-likeness (QED) is 0.145. The number of aryl methyl sites for hydroxylation is 4. The molecule has 0 bridgehead atoms. The molecule has 0 aliphatic carbocycles. The Labute approximate surface area is 532 Å². The van der Waals surface area contributed by atoms with Crippen LogP contribution in [0.15, 0.2) is 291 Å². The summed E-state index contributed by atoms with van der Waals surface area (Å²) >= 11 is 0. The zero-order valence-corrected chi connectivity index (χ0v) is 51.4. The summed E-state index contributed by atoms with van der Waals surface area (Å²) in [6, 6.07) is 103. The molecule has 0 spiro atoms. The first-order valence-electron chi connectivity index (χ1n) is 31.7. The van der Waals surface area contributed by atoms with Crippen LogP contribution in [-0.2, 0) is 0 Å². The fourth-order valence-electron chi connectivity index (χ4n) is 14.8. The van der Waals surface area contributed by atoms with Crippen LogP contribution >= 0.6 is 0 Å². The minimum atomic E-state index is 0.773. The first-order chi connectivity index (χ1) is 45.3. The number of hydrogen-bond donors (Lipinski definition) is 0. The number of pyridine rings is 2. The first kappa shape index (κ1) is 53.2. The maximum atomic E-state index is 6.62. The molecular formula is C86H60N6. The molecule has 434 valence electrons. The highest BCUT2D eigenvalue weighted by Gasteiger charge is 2.33. The van der Waals surface area contributed by atoms with Crippen molar-refractivity contribution in [3.63, 3.8) is 0 Å². The fourth-order valence-corrected chi connectivity index (χ4v) is 14.8. The van der Waals surface area contributed by atoms with Gasteiger partial charge in [0.05, 0.1) is 44.1 Å². The van der Waals surface area contributed by atoms with E-state index in [1.54, 1.807) is 0 Å². The molecule has 6 heterocycles. The standard InChI is InChI=1S/C86H60N6/c1-53-25-33-74-66(45-53)67-46-54(2)26-34-75(67)89(74)83-82(61-41-43-87-44-42-61)84(90-76-37-29-62(57-17-9-5-10-18-57)49-70(76)71-50-63(30-38-77(71)90)58-19-11-6-12-20-58)86(88-85(83)91-78-35-27-55(3)47-68(78)69-48-56(4)28-36-79(69)91)92-80-39-31-64(59-21-13-7-14-22-59)51-72(80)73-52-65(32-40-81(73)92)60-23-15-8-16-24-60/h5-52H,1-4H3. The van der Waals surface area contributed by atoms with Crippen LogP contribution < -0.4 is 0 Å². The van der Waals surface area contributed by atoms with Crippen LogP contribution in [0, 0.1) is 27.7 Å². The molecular weight excluding hydrogens is 1120 g/mol. The molecule has 6 heteroatoms. The molecule has 0 aliphatic heterocycles. The van der Waals surface area contributed by atoms with Gasteiger partial charge in [-0.05, 0) is 187 Å². The molecule has 0 fully saturated rings. The molecule has 18 rings (SSSR count). The Morgan fingerprint density at radius 2 is 0.467 bits per heavy atom. The summed E-state index contributed by atoms with van der Waals surface area (Å²) < 4.78 is 10.0. The number of rotatable bonds is 9. The maximum Gasteiger partial charge on any atom is 0.165 e. The van der Waals surface area contributed by atoms with E-state index in [9.17, 15) is 0 Å². The minimum absolute atomic E-state index is 0.773. The average molecular weight is 1180 g/mol. The van der Waals surface area contributed by atoms with Gasteiger partial charge in [-0.15, -0.1) is 0 Å². The van der Waals surface area contributed by atoms with Crippen LogP contribution in [0.3, 0.4) is 0 Å². The van der Waals surface area contributed by atoms with Gasteiger partial charge in [0.25, 0.3) is 0 Å². The largest absolute Gasteiger partial charge is 0.305 e. The van der Waals surface area contributed by atoms with E-state index in [-0.39, 0.29) is 0 Å². The molecule has 0 amide bonds. The molecule has 0 aliphatic rings. The molecule has 0 radical (unpaired) electrons. The second-order valence-corrected chi connectivity index (χ2v) is 24.9. The molecule has 12 aromatic carbocycles. The van der Waals surface area contributed by atoms with Crippen molar-refractivity contribution < 1.29 is 0 Å². The predicted molar refractivity (Wildman–Crippen MR) is 386 cm³/mol. The SMILES string of the molecule is Cc1ccc2c(c1)c1cc(C)ccc1n2-c1nc(-n2c3ccc(-c4ccccc4)cc3c3cc(-c4ccccc4)ccc32)c(-n2c3ccc(-c4ccccc4)cc3c3cc(-c4ccccc4)ccc32)c(-c2ccncc2)c1-n1c2ccc(C)cc2c2cc(C)ccc21. The molecule has 0 N–H and O–H groups in total. The van der Waals surface area contributed by atoms with Gasteiger partial charge in [0, 0.05) is 61.0 Å². The van der Waals surface area contributed by atoms with E-state index in [2.05, 4.69) is 325 Å². The van der Waals surface area contributed by atoms with E-state index < -0.39 is 0 Å². The molecule has 0 unspecified atom stereocenters. The van der Waals surface area contributed by atoms with E-state index in [1.165, 1.54) is 43.8 Å². The number of aromatic nitrogens is 6. The third-order valence-electron chi connectivity index (χ3n) is 19.1. The summed E-state index contributed by atoms with van der Waals surface area (Å²) in [5.74, 6) is 1.56. The highest BCUT2D eigenvalue weighted by Crippen LogP contribution is 2.50. The van der Waals surface area contributed by atoms with Crippen LogP contribution in [0.4, 0.5) is 0 Å². The Kier molecular flexibility index (Phi) is 12.1. The third kappa shape index (κ3) is 8.34. The lowest BCUT2D eigenvalue weighted by molar-refractivity contribution is 0.961. The van der Waals surface area contributed by atoms with Crippen LogP contribution in [0.1, 0.15) is 22.3 Å². The summed E-state index contributed by atoms with van der Waals surface area (Å²) in [6.07, 6.45) is 3.90. The number of benzene rings is 12. The molecule has 0 atom stereocenters. The number of hydrogen-bond acceptors (Lipinski definition) is 2. The second kappa shape index (κ2) is 20.9. The summed E-state index contributed by atoms with van der Waals surface area (Å²) in [5, 5.41) is 9.22. The molecule has 0 saturated carbocycles. The van der Waals surface area contributed by atoms with Gasteiger partial charge in [-0.3, -0.25) is 14.1 Å². The van der Waals surface area contributed by atoms with Crippen molar-refractivity contribution in [1.29, 1.82) is 0 Å². The number of nitrogens with zero attached hydrogens (tertiary/aromatic N) is 6. The molecule has 92 heavy (non-hydrogen) atoms. The van der Waals surface area contributed by atoms with Crippen molar-refractivity contribution in [3.8, 4) is 78.6 Å². The van der Waals surface area contributed by atoms with Gasteiger partial charge >= 0.3 is 0 Å². The van der Waals surface area contributed by atoms with E-state index in [1.807, 2.05) is 12.4 Å². The molecule has 6 nitrogen and oxygen atoms in total. The van der Waals surface area contributed by atoms with Crippen molar-refractivity contribution >= 4 is 87.2 Å². The van der Waals surface area contributed by atoms with E-state index in [4.69, 9.17) is 9.97 Å². The smallest absolute Gasteiger partial charge is 0.165 e. The molecule has 18 aromatic rings. The van der Waals surface area contributed by atoms with Crippen molar-refractivity contribution in [2.45, 2.75) is 27.7 Å². The zero-order valence-electron chi connectivity index (χ0n) is 51.4. The van der Waals surface area contributed by atoms with E-state index >= 15 is 0 Å². The third-order valence-corrected chi connectivity index (χ3v) is 19.1. The topological polar surface area (TPSA) is 45.5 Å². The Balaban J connectivity index is 1.11. The highest BCUT2D eigenvalue weighted by atomic mass is 15.2. The maximum absolute atomic E-state index is 6.62. The Bertz CT molecular complexity index is 5700. The van der Waals surface area contributed by atoms with Crippen LogP contribution in [0.5, 0.6) is 0 Å².